The zero-order valence-corrected chi connectivity index (χ0v) is 14.0. The quantitative estimate of drug-likeness (QED) is 0.917. The number of nitrogens with zero attached hydrogens (tertiary/aromatic N) is 2. The predicted molar refractivity (Wildman–Crippen MR) is 89.7 cm³/mol. The SMILES string of the molecule is COC(=O)N1CCC(C(=O)Nc2nc3ccc(C)cc3s2)CC1. The zero-order chi connectivity index (χ0) is 16.4. The molecule has 0 unspecified atom stereocenters. The van der Waals surface area contributed by atoms with Crippen LogP contribution in [0.2, 0.25) is 0 Å². The van der Waals surface area contributed by atoms with Gasteiger partial charge in [0.2, 0.25) is 5.91 Å². The smallest absolute Gasteiger partial charge is 0.409 e. The molecule has 1 aliphatic rings. The van der Waals surface area contributed by atoms with Crippen LogP contribution in [0.4, 0.5) is 9.93 Å². The van der Waals surface area contributed by atoms with Crippen LogP contribution < -0.4 is 5.32 Å². The summed E-state index contributed by atoms with van der Waals surface area (Å²) in [6.07, 6.45) is 0.959. The summed E-state index contributed by atoms with van der Waals surface area (Å²) >= 11 is 1.49. The molecule has 23 heavy (non-hydrogen) atoms. The molecule has 0 aliphatic carbocycles. The molecule has 0 spiro atoms. The van der Waals surface area contributed by atoms with E-state index in [0.29, 0.717) is 31.1 Å². The van der Waals surface area contributed by atoms with E-state index in [0.717, 1.165) is 10.2 Å². The number of likely N-dealkylation sites (tertiary alicyclic amines) is 1. The second kappa shape index (κ2) is 6.54. The van der Waals surface area contributed by atoms with Gasteiger partial charge in [0.1, 0.15) is 0 Å². The maximum absolute atomic E-state index is 12.4. The molecule has 0 bridgehead atoms. The van der Waals surface area contributed by atoms with Crippen LogP contribution in [0.15, 0.2) is 18.2 Å². The third kappa shape index (κ3) is 3.44. The number of benzene rings is 1. The van der Waals surface area contributed by atoms with Crippen LogP contribution in [-0.2, 0) is 9.53 Å². The van der Waals surface area contributed by atoms with Crippen molar-refractivity contribution in [2.24, 2.45) is 5.92 Å². The first-order chi connectivity index (χ1) is 11.1. The molecule has 2 amide bonds. The summed E-state index contributed by atoms with van der Waals surface area (Å²) < 4.78 is 5.77. The minimum absolute atomic E-state index is 0.0229. The Balaban J connectivity index is 1.61. The van der Waals surface area contributed by atoms with E-state index >= 15 is 0 Å². The highest BCUT2D eigenvalue weighted by atomic mass is 32.1. The monoisotopic (exact) mass is 333 g/mol. The van der Waals surface area contributed by atoms with E-state index in [4.69, 9.17) is 4.74 Å². The molecular formula is C16H19N3O3S. The van der Waals surface area contributed by atoms with Gasteiger partial charge < -0.3 is 15.0 Å². The summed E-state index contributed by atoms with van der Waals surface area (Å²) in [7, 11) is 1.37. The van der Waals surface area contributed by atoms with Crippen molar-refractivity contribution >= 4 is 38.7 Å². The Kier molecular flexibility index (Phi) is 4.47. The second-order valence-corrected chi connectivity index (χ2v) is 6.74. The molecule has 0 atom stereocenters. The van der Waals surface area contributed by atoms with Crippen molar-refractivity contribution in [3.63, 3.8) is 0 Å². The maximum Gasteiger partial charge on any atom is 0.409 e. The van der Waals surface area contributed by atoms with Crippen LogP contribution in [0.3, 0.4) is 0 Å². The average molecular weight is 333 g/mol. The lowest BCUT2D eigenvalue weighted by Gasteiger charge is -2.29. The Bertz CT molecular complexity index is 735. The summed E-state index contributed by atoms with van der Waals surface area (Å²) in [5, 5.41) is 3.54. The van der Waals surface area contributed by atoms with Crippen molar-refractivity contribution in [1.82, 2.24) is 9.88 Å². The van der Waals surface area contributed by atoms with E-state index < -0.39 is 0 Å². The standard InChI is InChI=1S/C16H19N3O3S/c1-10-3-4-12-13(9-10)23-15(17-12)18-14(20)11-5-7-19(8-6-11)16(21)22-2/h3-4,9,11H,5-8H2,1-2H3,(H,17,18,20). The third-order valence-electron chi connectivity index (χ3n) is 4.07. The number of methoxy groups -OCH3 is 1. The van der Waals surface area contributed by atoms with E-state index in [2.05, 4.69) is 16.4 Å². The molecule has 3 rings (SSSR count). The molecule has 2 aromatic rings. The number of anilines is 1. The molecular weight excluding hydrogens is 314 g/mol. The molecule has 1 aliphatic heterocycles. The first-order valence-electron chi connectivity index (χ1n) is 7.58. The number of amides is 2. The number of aryl methyl sites for hydroxylation is 1. The fraction of sp³-hybridized carbons (Fsp3) is 0.438. The van der Waals surface area contributed by atoms with Crippen LogP contribution >= 0.6 is 11.3 Å². The minimum Gasteiger partial charge on any atom is -0.453 e. The van der Waals surface area contributed by atoms with Crippen molar-refractivity contribution in [3.05, 3.63) is 23.8 Å². The van der Waals surface area contributed by atoms with Crippen molar-refractivity contribution in [1.29, 1.82) is 0 Å². The molecule has 2 heterocycles. The van der Waals surface area contributed by atoms with Crippen molar-refractivity contribution < 1.29 is 14.3 Å². The van der Waals surface area contributed by atoms with Gasteiger partial charge in [-0.05, 0) is 37.5 Å². The van der Waals surface area contributed by atoms with E-state index in [1.54, 1.807) is 4.90 Å². The van der Waals surface area contributed by atoms with Crippen LogP contribution in [0.25, 0.3) is 10.2 Å². The van der Waals surface area contributed by atoms with E-state index in [-0.39, 0.29) is 17.9 Å². The Labute approximate surface area is 138 Å². The normalized spacial score (nSPS) is 15.7. The van der Waals surface area contributed by atoms with Gasteiger partial charge >= 0.3 is 6.09 Å². The van der Waals surface area contributed by atoms with E-state index in [9.17, 15) is 9.59 Å². The Morgan fingerprint density at radius 1 is 1.35 bits per heavy atom. The number of thiazole rings is 1. The highest BCUT2D eigenvalue weighted by Crippen LogP contribution is 2.28. The molecule has 1 N–H and O–H groups in total. The molecule has 1 saturated heterocycles. The highest BCUT2D eigenvalue weighted by Gasteiger charge is 2.28. The first-order valence-corrected chi connectivity index (χ1v) is 8.39. The highest BCUT2D eigenvalue weighted by molar-refractivity contribution is 7.22. The molecule has 1 aromatic carbocycles. The molecule has 6 nitrogen and oxygen atoms in total. The minimum atomic E-state index is -0.328. The number of hydrogen-bond acceptors (Lipinski definition) is 5. The van der Waals surface area contributed by atoms with Gasteiger partial charge in [-0.1, -0.05) is 17.4 Å². The first kappa shape index (κ1) is 15.7. The summed E-state index contributed by atoms with van der Waals surface area (Å²) in [5.41, 5.74) is 2.07. The predicted octanol–water partition coefficient (Wildman–Crippen LogP) is 3.02. The lowest BCUT2D eigenvalue weighted by atomic mass is 9.96. The lowest BCUT2D eigenvalue weighted by molar-refractivity contribution is -0.121. The average Bonchev–Trinajstić information content (AvgIpc) is 2.95. The summed E-state index contributed by atoms with van der Waals surface area (Å²) in [5.74, 6) is -0.116. The van der Waals surface area contributed by atoms with Gasteiger partial charge in [-0.3, -0.25) is 4.79 Å². The summed E-state index contributed by atoms with van der Waals surface area (Å²) in [6, 6.07) is 6.04. The van der Waals surface area contributed by atoms with Crippen molar-refractivity contribution in [2.45, 2.75) is 19.8 Å². The number of nitrogens with one attached hydrogen (secondary N) is 1. The number of carbonyl (C=O) groups is 2. The molecule has 7 heteroatoms. The van der Waals surface area contributed by atoms with Crippen LogP contribution in [-0.4, -0.2) is 42.1 Å². The van der Waals surface area contributed by atoms with Gasteiger partial charge in [-0.2, -0.15) is 0 Å². The van der Waals surface area contributed by atoms with Crippen LogP contribution in [0, 0.1) is 12.8 Å². The number of hydrogen-bond donors (Lipinski definition) is 1. The number of fused-ring (bicyclic) bond motifs is 1. The van der Waals surface area contributed by atoms with Gasteiger partial charge in [0.15, 0.2) is 5.13 Å². The number of rotatable bonds is 2. The van der Waals surface area contributed by atoms with Gasteiger partial charge in [0, 0.05) is 19.0 Å². The lowest BCUT2D eigenvalue weighted by Crippen LogP contribution is -2.41. The second-order valence-electron chi connectivity index (χ2n) is 5.71. The van der Waals surface area contributed by atoms with Gasteiger partial charge in [-0.15, -0.1) is 0 Å². The Morgan fingerprint density at radius 2 is 2.09 bits per heavy atom. The Morgan fingerprint density at radius 3 is 2.78 bits per heavy atom. The zero-order valence-electron chi connectivity index (χ0n) is 13.2. The third-order valence-corrected chi connectivity index (χ3v) is 5.01. The number of ether oxygens (including phenoxy) is 1. The number of piperidine rings is 1. The summed E-state index contributed by atoms with van der Waals surface area (Å²) in [4.78, 5) is 29.9. The number of aromatic nitrogens is 1. The fourth-order valence-electron chi connectivity index (χ4n) is 2.75. The largest absolute Gasteiger partial charge is 0.453 e. The number of carbonyl (C=O) groups excluding carboxylic acids is 2. The molecule has 1 aromatic heterocycles. The molecule has 122 valence electrons. The molecule has 0 radical (unpaired) electrons. The van der Waals surface area contributed by atoms with Gasteiger partial charge in [0.05, 0.1) is 17.3 Å². The van der Waals surface area contributed by atoms with Crippen molar-refractivity contribution in [3.8, 4) is 0 Å². The molecule has 1 fully saturated rings. The maximum atomic E-state index is 12.4. The van der Waals surface area contributed by atoms with Crippen LogP contribution in [0.1, 0.15) is 18.4 Å². The topological polar surface area (TPSA) is 71.5 Å². The fourth-order valence-corrected chi connectivity index (χ4v) is 3.71. The summed E-state index contributed by atoms with van der Waals surface area (Å²) in [6.45, 7) is 3.13. The van der Waals surface area contributed by atoms with E-state index in [1.165, 1.54) is 24.0 Å². The molecule has 0 saturated carbocycles. The van der Waals surface area contributed by atoms with Crippen molar-refractivity contribution in [2.75, 3.05) is 25.5 Å². The van der Waals surface area contributed by atoms with Gasteiger partial charge in [-0.25, -0.2) is 9.78 Å². The Hall–Kier alpha value is -2.15. The van der Waals surface area contributed by atoms with Gasteiger partial charge in [0.25, 0.3) is 0 Å². The van der Waals surface area contributed by atoms with E-state index in [1.807, 2.05) is 19.1 Å². The van der Waals surface area contributed by atoms with Crippen LogP contribution in [0.5, 0.6) is 0 Å².